The summed E-state index contributed by atoms with van der Waals surface area (Å²) in [7, 11) is 0. The smallest absolute Gasteiger partial charge is 0.335 e. The third kappa shape index (κ3) is 2.10. The molecule has 0 atom stereocenters. The molecule has 5 heteroatoms. The van der Waals surface area contributed by atoms with E-state index in [1.54, 1.807) is 30.5 Å². The molecule has 0 aliphatic carbocycles. The largest absolute Gasteiger partial charge is 0.478 e. The van der Waals surface area contributed by atoms with Crippen LogP contribution in [0.2, 0.25) is 0 Å². The van der Waals surface area contributed by atoms with Gasteiger partial charge in [-0.05, 0) is 30.3 Å². The highest BCUT2D eigenvalue weighted by Gasteiger charge is 2.23. The van der Waals surface area contributed by atoms with Crippen molar-refractivity contribution >= 4 is 40.1 Å². The molecule has 5 nitrogen and oxygen atoms in total. The molecule has 1 aliphatic heterocycles. The molecule has 1 aromatic heterocycles. The lowest BCUT2D eigenvalue weighted by atomic mass is 10.0. The van der Waals surface area contributed by atoms with Gasteiger partial charge in [0.1, 0.15) is 0 Å². The van der Waals surface area contributed by atoms with Crippen molar-refractivity contribution in [3.05, 3.63) is 65.4 Å². The van der Waals surface area contributed by atoms with Crippen LogP contribution in [0.5, 0.6) is 0 Å². The SMILES string of the molecule is O=C1Nc2ccccc2/C1=C/c1c[nH]c2ccc(C(=O)O)cc12. The fourth-order valence-electron chi connectivity index (χ4n) is 2.83. The summed E-state index contributed by atoms with van der Waals surface area (Å²) in [5.74, 6) is -1.13. The van der Waals surface area contributed by atoms with Crippen molar-refractivity contribution in [2.24, 2.45) is 0 Å². The van der Waals surface area contributed by atoms with Gasteiger partial charge >= 0.3 is 5.97 Å². The first kappa shape index (κ1) is 13.3. The Kier molecular flexibility index (Phi) is 2.81. The van der Waals surface area contributed by atoms with Crippen LogP contribution in [-0.2, 0) is 4.79 Å². The van der Waals surface area contributed by atoms with E-state index in [0.29, 0.717) is 5.57 Å². The number of aromatic carboxylic acids is 1. The summed E-state index contributed by atoms with van der Waals surface area (Å²) in [6, 6.07) is 12.4. The molecular weight excluding hydrogens is 292 g/mol. The van der Waals surface area contributed by atoms with Crippen molar-refractivity contribution in [2.45, 2.75) is 0 Å². The summed E-state index contributed by atoms with van der Waals surface area (Å²) in [6.45, 7) is 0. The fourth-order valence-corrected chi connectivity index (χ4v) is 2.83. The quantitative estimate of drug-likeness (QED) is 0.635. The van der Waals surface area contributed by atoms with Gasteiger partial charge in [0, 0.05) is 39.5 Å². The van der Waals surface area contributed by atoms with Gasteiger partial charge in [0.15, 0.2) is 0 Å². The lowest BCUT2D eigenvalue weighted by molar-refractivity contribution is -0.110. The number of carboxylic acid groups (broad SMARTS) is 1. The second-order valence-electron chi connectivity index (χ2n) is 5.37. The second kappa shape index (κ2) is 4.84. The Balaban J connectivity index is 1.88. The van der Waals surface area contributed by atoms with Crippen LogP contribution < -0.4 is 5.32 Å². The number of carbonyl (C=O) groups is 2. The number of anilines is 1. The van der Waals surface area contributed by atoms with E-state index < -0.39 is 5.97 Å². The van der Waals surface area contributed by atoms with E-state index >= 15 is 0 Å². The Morgan fingerprint density at radius 2 is 1.96 bits per heavy atom. The Bertz CT molecular complexity index is 998. The average molecular weight is 304 g/mol. The normalized spacial score (nSPS) is 15.0. The molecule has 0 fully saturated rings. The van der Waals surface area contributed by atoms with E-state index in [9.17, 15) is 9.59 Å². The summed E-state index contributed by atoms with van der Waals surface area (Å²) in [4.78, 5) is 26.4. The molecule has 3 N–H and O–H groups in total. The average Bonchev–Trinajstić information content (AvgIpc) is 3.09. The topological polar surface area (TPSA) is 82.2 Å². The molecule has 0 spiro atoms. The number of aromatic nitrogens is 1. The number of benzene rings is 2. The Hall–Kier alpha value is -3.34. The van der Waals surface area contributed by atoms with Crippen molar-refractivity contribution in [2.75, 3.05) is 5.32 Å². The predicted molar refractivity (Wildman–Crippen MR) is 88.2 cm³/mol. The predicted octanol–water partition coefficient (Wildman–Crippen LogP) is 3.36. The number of para-hydroxylation sites is 1. The van der Waals surface area contributed by atoms with Gasteiger partial charge in [0.25, 0.3) is 5.91 Å². The minimum Gasteiger partial charge on any atom is -0.478 e. The van der Waals surface area contributed by atoms with E-state index in [-0.39, 0.29) is 11.5 Å². The Morgan fingerprint density at radius 3 is 2.78 bits per heavy atom. The third-order valence-electron chi connectivity index (χ3n) is 3.97. The van der Waals surface area contributed by atoms with Crippen molar-refractivity contribution in [1.82, 2.24) is 4.98 Å². The van der Waals surface area contributed by atoms with Crippen LogP contribution in [0.1, 0.15) is 21.5 Å². The minimum absolute atomic E-state index is 0.157. The molecule has 112 valence electrons. The number of carboxylic acids is 1. The molecule has 4 rings (SSSR count). The number of rotatable bonds is 2. The Labute approximate surface area is 131 Å². The summed E-state index contributed by atoms with van der Waals surface area (Å²) in [5, 5.41) is 12.7. The fraction of sp³-hybridized carbons (Fsp3) is 0. The van der Waals surface area contributed by atoms with Crippen LogP contribution >= 0.6 is 0 Å². The molecule has 23 heavy (non-hydrogen) atoms. The maximum Gasteiger partial charge on any atom is 0.335 e. The first-order chi connectivity index (χ1) is 11.1. The molecule has 1 amide bonds. The molecule has 0 saturated carbocycles. The second-order valence-corrected chi connectivity index (χ2v) is 5.37. The number of fused-ring (bicyclic) bond motifs is 2. The molecule has 0 radical (unpaired) electrons. The monoisotopic (exact) mass is 304 g/mol. The van der Waals surface area contributed by atoms with Crippen molar-refractivity contribution in [3.63, 3.8) is 0 Å². The van der Waals surface area contributed by atoms with Gasteiger partial charge in [-0.25, -0.2) is 4.79 Å². The van der Waals surface area contributed by atoms with Crippen LogP contribution in [0.3, 0.4) is 0 Å². The van der Waals surface area contributed by atoms with Crippen molar-refractivity contribution < 1.29 is 14.7 Å². The van der Waals surface area contributed by atoms with Crippen LogP contribution in [0.4, 0.5) is 5.69 Å². The first-order valence-corrected chi connectivity index (χ1v) is 7.10. The maximum atomic E-state index is 12.2. The summed E-state index contributed by atoms with van der Waals surface area (Å²) in [6.07, 6.45) is 3.56. The van der Waals surface area contributed by atoms with Gasteiger partial charge in [-0.15, -0.1) is 0 Å². The van der Waals surface area contributed by atoms with Gasteiger partial charge in [-0.1, -0.05) is 18.2 Å². The molecule has 3 aromatic rings. The molecule has 2 heterocycles. The number of hydrogen-bond acceptors (Lipinski definition) is 2. The van der Waals surface area contributed by atoms with Crippen molar-refractivity contribution in [1.29, 1.82) is 0 Å². The van der Waals surface area contributed by atoms with E-state index in [1.165, 1.54) is 0 Å². The number of carbonyl (C=O) groups excluding carboxylic acids is 1. The lowest BCUT2D eigenvalue weighted by Crippen LogP contribution is -2.03. The van der Waals surface area contributed by atoms with Crippen LogP contribution in [0.15, 0.2) is 48.7 Å². The van der Waals surface area contributed by atoms with E-state index in [0.717, 1.165) is 27.7 Å². The van der Waals surface area contributed by atoms with Gasteiger partial charge in [0.2, 0.25) is 0 Å². The number of hydrogen-bond donors (Lipinski definition) is 3. The number of nitrogens with one attached hydrogen (secondary N) is 2. The first-order valence-electron chi connectivity index (χ1n) is 7.10. The zero-order valence-corrected chi connectivity index (χ0v) is 12.0. The van der Waals surface area contributed by atoms with Gasteiger partial charge in [-0.2, -0.15) is 0 Å². The molecule has 0 saturated heterocycles. The van der Waals surface area contributed by atoms with Gasteiger partial charge in [-0.3, -0.25) is 4.79 Å². The Morgan fingerprint density at radius 1 is 1.13 bits per heavy atom. The zero-order valence-electron chi connectivity index (χ0n) is 12.0. The van der Waals surface area contributed by atoms with Crippen LogP contribution in [0.25, 0.3) is 22.6 Å². The lowest BCUT2D eigenvalue weighted by Gasteiger charge is -1.99. The highest BCUT2D eigenvalue weighted by Crippen LogP contribution is 2.34. The summed E-state index contributed by atoms with van der Waals surface area (Å²) >= 11 is 0. The molecule has 2 aromatic carbocycles. The van der Waals surface area contributed by atoms with E-state index in [4.69, 9.17) is 5.11 Å². The van der Waals surface area contributed by atoms with Crippen LogP contribution in [-0.4, -0.2) is 22.0 Å². The van der Waals surface area contributed by atoms with Gasteiger partial charge in [0.05, 0.1) is 5.56 Å². The molecule has 0 unspecified atom stereocenters. The molecular formula is C18H12N2O3. The van der Waals surface area contributed by atoms with Crippen LogP contribution in [0, 0.1) is 0 Å². The van der Waals surface area contributed by atoms with Crippen molar-refractivity contribution in [3.8, 4) is 0 Å². The number of H-pyrrole nitrogens is 1. The third-order valence-corrected chi connectivity index (χ3v) is 3.97. The highest BCUT2D eigenvalue weighted by atomic mass is 16.4. The standard InChI is InChI=1S/C18H12N2O3/c21-17-14(12-3-1-2-4-16(12)20-17)8-11-9-19-15-6-5-10(18(22)23)7-13(11)15/h1-9,19H,(H,20,21)(H,22,23)/b14-8-. The summed E-state index contributed by atoms with van der Waals surface area (Å²) in [5.41, 5.74) is 4.03. The maximum absolute atomic E-state index is 12.2. The highest BCUT2D eigenvalue weighted by molar-refractivity contribution is 6.35. The minimum atomic E-state index is -0.976. The van der Waals surface area contributed by atoms with E-state index in [1.807, 2.05) is 24.3 Å². The van der Waals surface area contributed by atoms with E-state index in [2.05, 4.69) is 10.3 Å². The zero-order chi connectivity index (χ0) is 16.0. The number of amides is 1. The summed E-state index contributed by atoms with van der Waals surface area (Å²) < 4.78 is 0. The number of aromatic amines is 1. The molecule has 1 aliphatic rings. The molecule has 0 bridgehead atoms. The van der Waals surface area contributed by atoms with Gasteiger partial charge < -0.3 is 15.4 Å².